The van der Waals surface area contributed by atoms with Crippen LogP contribution in [0.2, 0.25) is 18.1 Å². The Morgan fingerprint density at radius 3 is 2.19 bits per heavy atom. The molecule has 21 heavy (non-hydrogen) atoms. The van der Waals surface area contributed by atoms with Crippen molar-refractivity contribution in [3.8, 4) is 5.75 Å². The molecule has 0 unspecified atom stereocenters. The molecule has 118 valence electrons. The molecule has 0 heterocycles. The molecule has 0 saturated heterocycles. The van der Waals surface area contributed by atoms with Crippen LogP contribution in [0.15, 0.2) is 18.2 Å². The molecule has 0 N–H and O–H groups in total. The second-order valence-corrected chi connectivity index (χ2v) is 11.4. The van der Waals surface area contributed by atoms with Crippen molar-refractivity contribution in [2.45, 2.75) is 51.5 Å². The molecule has 0 aliphatic carbocycles. The van der Waals surface area contributed by atoms with Gasteiger partial charge in [-0.1, -0.05) is 26.8 Å². The molecule has 0 radical (unpaired) electrons. The smallest absolute Gasteiger partial charge is 0.393 e. The van der Waals surface area contributed by atoms with E-state index in [1.807, 2.05) is 13.1 Å². The third kappa shape index (κ3) is 4.88. The Hall–Kier alpha value is -1.30. The highest BCUT2D eigenvalue weighted by atomic mass is 28.4. The normalized spacial score (nSPS) is 13.1. The summed E-state index contributed by atoms with van der Waals surface area (Å²) in [7, 11) is -2.14. The fraction of sp³-hybridized carbons (Fsp3) is 0.533. The summed E-state index contributed by atoms with van der Waals surface area (Å²) in [5.74, 6) is 0.363. The fourth-order valence-electron chi connectivity index (χ4n) is 1.55. The lowest BCUT2D eigenvalue weighted by atomic mass is 10.1. The van der Waals surface area contributed by atoms with Gasteiger partial charge in [0.15, 0.2) is 6.29 Å². The zero-order valence-electron chi connectivity index (χ0n) is 13.0. The monoisotopic (exact) mass is 318 g/mol. The predicted octanol–water partition coefficient (Wildman–Crippen LogP) is 4.99. The quantitative estimate of drug-likeness (QED) is 0.577. The number of aldehydes is 1. The standard InChI is InChI=1S/C15H21F3O2Si/c1-14(2,3)21(4,5)20-13-7-6-11(8-12(13)10-19)9-15(16,17)18/h6-8,10H,9H2,1-5H3. The molecule has 1 aromatic carbocycles. The minimum absolute atomic E-state index is 0.0577. The SMILES string of the molecule is CC(C)(C)[Si](C)(C)Oc1ccc(CC(F)(F)F)cc1C=O. The second kappa shape index (κ2) is 5.83. The molecule has 0 amide bonds. The molecule has 0 aliphatic rings. The summed E-state index contributed by atoms with van der Waals surface area (Å²) < 4.78 is 43.2. The van der Waals surface area contributed by atoms with E-state index < -0.39 is 20.9 Å². The Morgan fingerprint density at radius 1 is 1.19 bits per heavy atom. The maximum Gasteiger partial charge on any atom is 0.393 e. The van der Waals surface area contributed by atoms with Crippen LogP contribution in [-0.2, 0) is 6.42 Å². The first-order valence-electron chi connectivity index (χ1n) is 6.69. The summed E-state index contributed by atoms with van der Waals surface area (Å²) in [6.45, 7) is 10.2. The van der Waals surface area contributed by atoms with Crippen LogP contribution in [-0.4, -0.2) is 20.8 Å². The van der Waals surface area contributed by atoms with Gasteiger partial charge in [0.1, 0.15) is 5.75 Å². The second-order valence-electron chi connectivity index (χ2n) is 6.64. The lowest BCUT2D eigenvalue weighted by Crippen LogP contribution is -2.44. The Kier molecular flexibility index (Phi) is 4.93. The van der Waals surface area contributed by atoms with Crippen molar-refractivity contribution in [1.29, 1.82) is 0 Å². The van der Waals surface area contributed by atoms with E-state index in [0.29, 0.717) is 12.0 Å². The third-order valence-corrected chi connectivity index (χ3v) is 8.12. The average Bonchev–Trinajstić information content (AvgIpc) is 2.27. The Bertz CT molecular complexity index is 517. The Balaban J connectivity index is 3.08. The van der Waals surface area contributed by atoms with Gasteiger partial charge < -0.3 is 4.43 Å². The third-order valence-electron chi connectivity index (χ3n) is 3.78. The van der Waals surface area contributed by atoms with E-state index in [2.05, 4.69) is 20.8 Å². The maximum atomic E-state index is 12.4. The van der Waals surface area contributed by atoms with Crippen molar-refractivity contribution < 1.29 is 22.4 Å². The molecule has 0 saturated carbocycles. The number of carbonyl (C=O) groups excluding carboxylic acids is 1. The maximum absolute atomic E-state index is 12.4. The summed E-state index contributed by atoms with van der Waals surface area (Å²) in [4.78, 5) is 11.1. The molecule has 6 heteroatoms. The zero-order chi connectivity index (χ0) is 16.5. The van der Waals surface area contributed by atoms with Crippen LogP contribution in [0.3, 0.4) is 0 Å². The van der Waals surface area contributed by atoms with Crippen LogP contribution >= 0.6 is 0 Å². The largest absolute Gasteiger partial charge is 0.543 e. The summed E-state index contributed by atoms with van der Waals surface area (Å²) in [5.41, 5.74) is 0.230. The van der Waals surface area contributed by atoms with E-state index in [9.17, 15) is 18.0 Å². The van der Waals surface area contributed by atoms with Gasteiger partial charge in [-0.15, -0.1) is 0 Å². The summed E-state index contributed by atoms with van der Waals surface area (Å²) in [6, 6.07) is 4.08. The van der Waals surface area contributed by atoms with Crippen LogP contribution in [0.5, 0.6) is 5.75 Å². The Morgan fingerprint density at radius 2 is 1.76 bits per heavy atom. The van der Waals surface area contributed by atoms with Crippen molar-refractivity contribution in [3.05, 3.63) is 29.3 Å². The Labute approximate surface area is 124 Å². The first-order valence-corrected chi connectivity index (χ1v) is 9.60. The van der Waals surface area contributed by atoms with Crippen molar-refractivity contribution in [3.63, 3.8) is 0 Å². The highest BCUT2D eigenvalue weighted by Gasteiger charge is 2.39. The van der Waals surface area contributed by atoms with E-state index in [4.69, 9.17) is 4.43 Å². The van der Waals surface area contributed by atoms with Crippen LogP contribution in [0.25, 0.3) is 0 Å². The first kappa shape index (κ1) is 17.7. The molecular weight excluding hydrogens is 297 g/mol. The van der Waals surface area contributed by atoms with Gasteiger partial charge in [0.05, 0.1) is 12.0 Å². The molecule has 0 atom stereocenters. The van der Waals surface area contributed by atoms with Gasteiger partial charge in [-0.3, -0.25) is 4.79 Å². The van der Waals surface area contributed by atoms with Crippen molar-refractivity contribution in [2.24, 2.45) is 0 Å². The van der Waals surface area contributed by atoms with Gasteiger partial charge in [-0.2, -0.15) is 13.2 Å². The van der Waals surface area contributed by atoms with Crippen molar-refractivity contribution in [2.75, 3.05) is 0 Å². The van der Waals surface area contributed by atoms with Gasteiger partial charge in [-0.25, -0.2) is 0 Å². The summed E-state index contributed by atoms with van der Waals surface area (Å²) in [5, 5.41) is -0.0577. The average molecular weight is 318 g/mol. The molecule has 0 spiro atoms. The fourth-order valence-corrected chi connectivity index (χ4v) is 2.59. The van der Waals surface area contributed by atoms with Gasteiger partial charge in [0, 0.05) is 0 Å². The van der Waals surface area contributed by atoms with E-state index in [1.54, 1.807) is 0 Å². The topological polar surface area (TPSA) is 26.3 Å². The van der Waals surface area contributed by atoms with Crippen LogP contribution in [0, 0.1) is 0 Å². The number of hydrogen-bond acceptors (Lipinski definition) is 2. The van der Waals surface area contributed by atoms with Gasteiger partial charge >= 0.3 is 6.18 Å². The van der Waals surface area contributed by atoms with E-state index in [0.717, 1.165) is 0 Å². The van der Waals surface area contributed by atoms with E-state index in [-0.39, 0.29) is 16.2 Å². The van der Waals surface area contributed by atoms with Gasteiger partial charge in [0.2, 0.25) is 0 Å². The zero-order valence-corrected chi connectivity index (χ0v) is 14.0. The molecule has 0 fully saturated rings. The number of benzene rings is 1. The number of rotatable bonds is 4. The van der Waals surface area contributed by atoms with Crippen molar-refractivity contribution >= 4 is 14.6 Å². The van der Waals surface area contributed by atoms with Crippen LogP contribution in [0.4, 0.5) is 13.2 Å². The van der Waals surface area contributed by atoms with Crippen LogP contribution < -0.4 is 4.43 Å². The lowest BCUT2D eigenvalue weighted by Gasteiger charge is -2.36. The van der Waals surface area contributed by atoms with Gasteiger partial charge in [-0.05, 0) is 35.8 Å². The number of hydrogen-bond donors (Lipinski definition) is 0. The highest BCUT2D eigenvalue weighted by molar-refractivity contribution is 6.74. The minimum Gasteiger partial charge on any atom is -0.543 e. The molecule has 0 aliphatic heterocycles. The van der Waals surface area contributed by atoms with E-state index in [1.165, 1.54) is 18.2 Å². The highest BCUT2D eigenvalue weighted by Crippen LogP contribution is 2.38. The molecule has 0 aromatic heterocycles. The molecule has 1 aromatic rings. The summed E-state index contributed by atoms with van der Waals surface area (Å²) in [6.07, 6.45) is -4.79. The predicted molar refractivity (Wildman–Crippen MR) is 79.4 cm³/mol. The molecule has 1 rings (SSSR count). The molecular formula is C15H21F3O2Si. The summed E-state index contributed by atoms with van der Waals surface area (Å²) >= 11 is 0. The lowest BCUT2D eigenvalue weighted by molar-refractivity contribution is -0.127. The van der Waals surface area contributed by atoms with Crippen LogP contribution in [0.1, 0.15) is 36.7 Å². The molecule has 2 nitrogen and oxygen atoms in total. The van der Waals surface area contributed by atoms with E-state index >= 15 is 0 Å². The number of carbonyl (C=O) groups is 1. The molecule has 0 bridgehead atoms. The number of alkyl halides is 3. The number of halogens is 3. The van der Waals surface area contributed by atoms with Crippen molar-refractivity contribution in [1.82, 2.24) is 0 Å². The minimum atomic E-state index is -4.29. The first-order chi connectivity index (χ1) is 9.36. The van der Waals surface area contributed by atoms with Gasteiger partial charge in [0.25, 0.3) is 8.32 Å².